The number of aryl methyl sites for hydroxylation is 1. The Kier molecular flexibility index (Phi) is 7.64. The lowest BCUT2D eigenvalue weighted by Crippen LogP contribution is -2.20. The average molecular weight is 341 g/mol. The monoisotopic (exact) mass is 341 g/mol. The van der Waals surface area contributed by atoms with Crippen molar-refractivity contribution in [2.45, 2.75) is 18.9 Å². The summed E-state index contributed by atoms with van der Waals surface area (Å²) in [5.41, 5.74) is 3.38. The van der Waals surface area contributed by atoms with Crippen LogP contribution in [0.1, 0.15) is 29.2 Å². The number of methoxy groups -OCH3 is 1. The molecule has 2 aromatic carbocycles. The standard InChI is InChI=1S/C21H27NO3/c1-22(2)15-16-25-21(18-7-5-4-6-8-18)19-12-9-17(10-13-19)11-14-20(23)24-3/h4-10,12-13,21H,11,14-16H2,1-3H3. The predicted octanol–water partition coefficient (Wildman–Crippen LogP) is 3.46. The summed E-state index contributed by atoms with van der Waals surface area (Å²) in [5, 5.41) is 0. The molecule has 134 valence electrons. The van der Waals surface area contributed by atoms with Crippen molar-refractivity contribution in [2.75, 3.05) is 34.4 Å². The number of likely N-dealkylation sites (N-methyl/N-ethyl adjacent to an activating group) is 1. The van der Waals surface area contributed by atoms with Gasteiger partial charge in [-0.15, -0.1) is 0 Å². The highest BCUT2D eigenvalue weighted by Crippen LogP contribution is 2.26. The van der Waals surface area contributed by atoms with Crippen LogP contribution in [-0.4, -0.2) is 45.2 Å². The van der Waals surface area contributed by atoms with E-state index in [1.807, 2.05) is 32.3 Å². The third-order valence-corrected chi connectivity index (χ3v) is 4.05. The molecule has 0 N–H and O–H groups in total. The zero-order valence-corrected chi connectivity index (χ0v) is 15.3. The van der Waals surface area contributed by atoms with Gasteiger partial charge in [-0.25, -0.2) is 0 Å². The van der Waals surface area contributed by atoms with Crippen LogP contribution in [0.5, 0.6) is 0 Å². The Morgan fingerprint density at radius 1 is 1.00 bits per heavy atom. The van der Waals surface area contributed by atoms with Crippen molar-refractivity contribution >= 4 is 5.97 Å². The second-order valence-electron chi connectivity index (χ2n) is 6.28. The number of hydrogen-bond donors (Lipinski definition) is 0. The Morgan fingerprint density at radius 2 is 1.64 bits per heavy atom. The van der Waals surface area contributed by atoms with E-state index in [0.717, 1.165) is 23.2 Å². The maximum atomic E-state index is 11.3. The van der Waals surface area contributed by atoms with E-state index in [1.165, 1.54) is 7.11 Å². The number of ether oxygens (including phenoxy) is 2. The molecular weight excluding hydrogens is 314 g/mol. The largest absolute Gasteiger partial charge is 0.469 e. The first-order chi connectivity index (χ1) is 12.1. The number of benzene rings is 2. The van der Waals surface area contributed by atoms with E-state index in [9.17, 15) is 4.79 Å². The Hall–Kier alpha value is -2.17. The summed E-state index contributed by atoms with van der Waals surface area (Å²) < 4.78 is 10.9. The highest BCUT2D eigenvalue weighted by molar-refractivity contribution is 5.69. The molecule has 0 spiro atoms. The average Bonchev–Trinajstić information content (AvgIpc) is 2.64. The minimum Gasteiger partial charge on any atom is -0.469 e. The van der Waals surface area contributed by atoms with Crippen LogP contribution in [0.3, 0.4) is 0 Å². The molecule has 0 radical (unpaired) electrons. The molecule has 4 nitrogen and oxygen atoms in total. The number of carbonyl (C=O) groups excluding carboxylic acids is 1. The lowest BCUT2D eigenvalue weighted by atomic mass is 9.99. The third-order valence-electron chi connectivity index (χ3n) is 4.05. The first-order valence-corrected chi connectivity index (χ1v) is 8.57. The molecule has 1 atom stereocenters. The van der Waals surface area contributed by atoms with Crippen LogP contribution in [0.15, 0.2) is 54.6 Å². The zero-order valence-electron chi connectivity index (χ0n) is 15.3. The van der Waals surface area contributed by atoms with Crippen molar-refractivity contribution < 1.29 is 14.3 Å². The summed E-state index contributed by atoms with van der Waals surface area (Å²) in [6.07, 6.45) is 0.998. The molecule has 0 aliphatic carbocycles. The fourth-order valence-corrected chi connectivity index (χ4v) is 2.57. The molecule has 0 bridgehead atoms. The summed E-state index contributed by atoms with van der Waals surface area (Å²) in [7, 11) is 5.49. The molecular formula is C21H27NO3. The van der Waals surface area contributed by atoms with Gasteiger partial charge in [-0.1, -0.05) is 54.6 Å². The minimum absolute atomic E-state index is 0.0872. The smallest absolute Gasteiger partial charge is 0.305 e. The summed E-state index contributed by atoms with van der Waals surface area (Å²) in [5.74, 6) is -0.182. The van der Waals surface area contributed by atoms with Gasteiger partial charge in [0.1, 0.15) is 6.10 Å². The Bertz CT molecular complexity index is 638. The summed E-state index contributed by atoms with van der Waals surface area (Å²) in [4.78, 5) is 13.4. The Labute approximate surface area is 150 Å². The van der Waals surface area contributed by atoms with Gasteiger partial charge >= 0.3 is 5.97 Å². The number of nitrogens with zero attached hydrogens (tertiary/aromatic N) is 1. The molecule has 0 saturated carbocycles. The molecule has 0 fully saturated rings. The van der Waals surface area contributed by atoms with Crippen molar-refractivity contribution in [2.24, 2.45) is 0 Å². The molecule has 0 amide bonds. The summed E-state index contributed by atoms with van der Waals surface area (Å²) >= 11 is 0. The van der Waals surface area contributed by atoms with E-state index in [-0.39, 0.29) is 12.1 Å². The van der Waals surface area contributed by atoms with Crippen LogP contribution in [0.4, 0.5) is 0 Å². The van der Waals surface area contributed by atoms with E-state index in [1.54, 1.807) is 0 Å². The molecule has 0 heterocycles. The number of carbonyl (C=O) groups is 1. The van der Waals surface area contributed by atoms with Gasteiger partial charge in [0.25, 0.3) is 0 Å². The van der Waals surface area contributed by atoms with Gasteiger partial charge in [-0.05, 0) is 37.2 Å². The van der Waals surface area contributed by atoms with Gasteiger partial charge in [-0.2, -0.15) is 0 Å². The normalized spacial score (nSPS) is 12.2. The van der Waals surface area contributed by atoms with Crippen LogP contribution in [-0.2, 0) is 20.7 Å². The van der Waals surface area contributed by atoms with Crippen molar-refractivity contribution in [3.05, 3.63) is 71.3 Å². The Balaban J connectivity index is 2.09. The van der Waals surface area contributed by atoms with Gasteiger partial charge in [0.05, 0.1) is 13.7 Å². The van der Waals surface area contributed by atoms with Gasteiger partial charge in [-0.3, -0.25) is 4.79 Å². The summed E-state index contributed by atoms with van der Waals surface area (Å²) in [6.45, 7) is 1.54. The fraction of sp³-hybridized carbons (Fsp3) is 0.381. The molecule has 0 aliphatic heterocycles. The van der Waals surface area contributed by atoms with E-state index in [2.05, 4.69) is 41.3 Å². The molecule has 1 unspecified atom stereocenters. The SMILES string of the molecule is COC(=O)CCc1ccc(C(OCCN(C)C)c2ccccc2)cc1. The van der Waals surface area contributed by atoms with E-state index >= 15 is 0 Å². The fourth-order valence-electron chi connectivity index (χ4n) is 2.57. The van der Waals surface area contributed by atoms with Crippen molar-refractivity contribution in [3.8, 4) is 0 Å². The lowest BCUT2D eigenvalue weighted by molar-refractivity contribution is -0.140. The first-order valence-electron chi connectivity index (χ1n) is 8.57. The maximum Gasteiger partial charge on any atom is 0.305 e. The van der Waals surface area contributed by atoms with Gasteiger partial charge in [0, 0.05) is 13.0 Å². The highest BCUT2D eigenvalue weighted by atomic mass is 16.5. The highest BCUT2D eigenvalue weighted by Gasteiger charge is 2.15. The van der Waals surface area contributed by atoms with Crippen LogP contribution in [0.2, 0.25) is 0 Å². The van der Waals surface area contributed by atoms with Gasteiger partial charge in [0.15, 0.2) is 0 Å². The molecule has 2 rings (SSSR count). The second kappa shape index (κ2) is 9.97. The van der Waals surface area contributed by atoms with Crippen LogP contribution < -0.4 is 0 Å². The number of hydrogen-bond acceptors (Lipinski definition) is 4. The molecule has 25 heavy (non-hydrogen) atoms. The quantitative estimate of drug-likeness (QED) is 0.655. The van der Waals surface area contributed by atoms with Gasteiger partial charge < -0.3 is 14.4 Å². The van der Waals surface area contributed by atoms with E-state index in [0.29, 0.717) is 19.4 Å². The Morgan fingerprint density at radius 3 is 2.24 bits per heavy atom. The van der Waals surface area contributed by atoms with E-state index < -0.39 is 0 Å². The lowest BCUT2D eigenvalue weighted by Gasteiger charge is -2.20. The first kappa shape index (κ1) is 19.2. The van der Waals surface area contributed by atoms with Crippen LogP contribution in [0.25, 0.3) is 0 Å². The van der Waals surface area contributed by atoms with E-state index in [4.69, 9.17) is 9.47 Å². The number of rotatable bonds is 9. The summed E-state index contributed by atoms with van der Waals surface area (Å²) in [6, 6.07) is 18.5. The molecule has 0 aliphatic rings. The maximum absolute atomic E-state index is 11.3. The van der Waals surface area contributed by atoms with Crippen molar-refractivity contribution in [1.29, 1.82) is 0 Å². The molecule has 0 saturated heterocycles. The van der Waals surface area contributed by atoms with Crippen LogP contribution in [0, 0.1) is 0 Å². The number of esters is 1. The van der Waals surface area contributed by atoms with Gasteiger partial charge in [0.2, 0.25) is 0 Å². The second-order valence-corrected chi connectivity index (χ2v) is 6.28. The predicted molar refractivity (Wildman–Crippen MR) is 99.6 cm³/mol. The zero-order chi connectivity index (χ0) is 18.1. The topological polar surface area (TPSA) is 38.8 Å². The molecule has 4 heteroatoms. The molecule has 0 aromatic heterocycles. The minimum atomic E-state index is -0.182. The van der Waals surface area contributed by atoms with Crippen molar-refractivity contribution in [3.63, 3.8) is 0 Å². The van der Waals surface area contributed by atoms with Crippen LogP contribution >= 0.6 is 0 Å². The van der Waals surface area contributed by atoms with Crippen molar-refractivity contribution in [1.82, 2.24) is 4.90 Å². The third kappa shape index (κ3) is 6.33. The molecule has 2 aromatic rings.